The summed E-state index contributed by atoms with van der Waals surface area (Å²) in [5.74, 6) is 0.904. The van der Waals surface area contributed by atoms with E-state index in [4.69, 9.17) is 4.74 Å². The lowest BCUT2D eigenvalue weighted by molar-refractivity contribution is 0.112. The van der Waals surface area contributed by atoms with Crippen LogP contribution >= 0.6 is 0 Å². The van der Waals surface area contributed by atoms with Crippen molar-refractivity contribution in [1.29, 1.82) is 0 Å². The van der Waals surface area contributed by atoms with Crippen molar-refractivity contribution in [2.75, 3.05) is 6.61 Å². The zero-order chi connectivity index (χ0) is 16.9. The molecule has 24 heavy (non-hydrogen) atoms. The topological polar surface area (TPSA) is 26.3 Å². The quantitative estimate of drug-likeness (QED) is 0.742. The molecule has 0 aromatic heterocycles. The second-order valence-corrected chi connectivity index (χ2v) is 8.10. The minimum absolute atomic E-state index is 0.190. The first kappa shape index (κ1) is 15.4. The van der Waals surface area contributed by atoms with Crippen LogP contribution in [0, 0.1) is 0 Å². The number of rotatable bonds is 2. The van der Waals surface area contributed by atoms with Gasteiger partial charge in [0.25, 0.3) is 0 Å². The summed E-state index contributed by atoms with van der Waals surface area (Å²) in [6.07, 6.45) is 4.58. The fourth-order valence-electron chi connectivity index (χ4n) is 4.38. The van der Waals surface area contributed by atoms with Crippen molar-refractivity contribution in [3.8, 4) is 5.75 Å². The van der Waals surface area contributed by atoms with Crippen LogP contribution in [0.25, 0.3) is 0 Å². The van der Waals surface area contributed by atoms with Gasteiger partial charge in [-0.05, 0) is 66.5 Å². The van der Waals surface area contributed by atoms with Crippen molar-refractivity contribution in [3.05, 3.63) is 64.2 Å². The Kier molecular flexibility index (Phi) is 3.35. The second kappa shape index (κ2) is 5.20. The van der Waals surface area contributed by atoms with Gasteiger partial charge in [-0.2, -0.15) is 0 Å². The Morgan fingerprint density at radius 1 is 1.04 bits per heavy atom. The summed E-state index contributed by atoms with van der Waals surface area (Å²) >= 11 is 0. The van der Waals surface area contributed by atoms with Gasteiger partial charge in [-0.1, -0.05) is 32.0 Å². The van der Waals surface area contributed by atoms with E-state index in [2.05, 4.69) is 39.0 Å². The van der Waals surface area contributed by atoms with Crippen LogP contribution in [0.4, 0.5) is 0 Å². The molecule has 0 amide bonds. The SMILES string of the molecule is CC1(C)CCCc2cc(C3(C)COc4ccc(C=O)cc43)ccc21. The van der Waals surface area contributed by atoms with Crippen LogP contribution in [-0.2, 0) is 17.3 Å². The predicted octanol–water partition coefficient (Wildman–Crippen LogP) is 4.81. The molecular formula is C22H24O2. The monoisotopic (exact) mass is 320 g/mol. The number of hydrogen-bond donors (Lipinski definition) is 0. The highest BCUT2D eigenvalue weighted by Crippen LogP contribution is 2.45. The average molecular weight is 320 g/mol. The molecule has 2 heteroatoms. The van der Waals surface area contributed by atoms with Crippen LogP contribution in [0.5, 0.6) is 5.75 Å². The zero-order valence-corrected chi connectivity index (χ0v) is 14.7. The molecule has 0 N–H and O–H groups in total. The fraction of sp³-hybridized carbons (Fsp3) is 0.409. The van der Waals surface area contributed by atoms with E-state index in [0.29, 0.717) is 12.2 Å². The molecule has 1 heterocycles. The Bertz CT molecular complexity index is 819. The van der Waals surface area contributed by atoms with Crippen LogP contribution in [0.3, 0.4) is 0 Å². The molecule has 0 bridgehead atoms. The summed E-state index contributed by atoms with van der Waals surface area (Å²) in [4.78, 5) is 11.2. The third kappa shape index (κ3) is 2.20. The van der Waals surface area contributed by atoms with E-state index in [0.717, 1.165) is 24.0 Å². The van der Waals surface area contributed by atoms with Crippen LogP contribution in [0.15, 0.2) is 36.4 Å². The number of aldehydes is 1. The third-order valence-corrected chi connectivity index (χ3v) is 5.97. The van der Waals surface area contributed by atoms with Crippen molar-refractivity contribution >= 4 is 6.29 Å². The average Bonchev–Trinajstić information content (AvgIpc) is 2.92. The summed E-state index contributed by atoms with van der Waals surface area (Å²) in [7, 11) is 0. The lowest BCUT2D eigenvalue weighted by Gasteiger charge is -2.34. The Balaban J connectivity index is 1.82. The maximum absolute atomic E-state index is 11.2. The van der Waals surface area contributed by atoms with E-state index < -0.39 is 0 Å². The van der Waals surface area contributed by atoms with E-state index in [-0.39, 0.29) is 10.8 Å². The lowest BCUT2D eigenvalue weighted by Crippen LogP contribution is -2.28. The molecule has 2 aromatic carbocycles. The van der Waals surface area contributed by atoms with E-state index in [1.807, 2.05) is 18.2 Å². The molecule has 0 saturated carbocycles. The van der Waals surface area contributed by atoms with E-state index in [1.54, 1.807) is 0 Å². The van der Waals surface area contributed by atoms with Gasteiger partial charge in [-0.25, -0.2) is 0 Å². The summed E-state index contributed by atoms with van der Waals surface area (Å²) in [5, 5.41) is 0. The predicted molar refractivity (Wildman–Crippen MR) is 96.2 cm³/mol. The maximum atomic E-state index is 11.2. The Morgan fingerprint density at radius 3 is 2.67 bits per heavy atom. The first-order chi connectivity index (χ1) is 11.4. The Labute approximate surface area is 143 Å². The number of fused-ring (bicyclic) bond motifs is 2. The number of carbonyl (C=O) groups is 1. The van der Waals surface area contributed by atoms with Gasteiger partial charge in [-0.3, -0.25) is 4.79 Å². The molecule has 1 aliphatic heterocycles. The molecule has 2 aliphatic rings. The number of ether oxygens (including phenoxy) is 1. The Morgan fingerprint density at radius 2 is 1.88 bits per heavy atom. The highest BCUT2D eigenvalue weighted by Gasteiger charge is 2.39. The van der Waals surface area contributed by atoms with E-state index >= 15 is 0 Å². The van der Waals surface area contributed by atoms with Crippen molar-refractivity contribution < 1.29 is 9.53 Å². The first-order valence-corrected chi connectivity index (χ1v) is 8.80. The van der Waals surface area contributed by atoms with E-state index in [1.165, 1.54) is 29.5 Å². The molecule has 0 saturated heterocycles. The van der Waals surface area contributed by atoms with Gasteiger partial charge in [0.1, 0.15) is 18.6 Å². The first-order valence-electron chi connectivity index (χ1n) is 8.80. The van der Waals surface area contributed by atoms with Crippen LogP contribution in [0.2, 0.25) is 0 Å². The summed E-state index contributed by atoms with van der Waals surface area (Å²) in [6.45, 7) is 7.55. The van der Waals surface area contributed by atoms with Crippen LogP contribution in [0.1, 0.15) is 66.2 Å². The highest BCUT2D eigenvalue weighted by molar-refractivity contribution is 5.76. The molecule has 0 radical (unpaired) electrons. The minimum atomic E-state index is -0.190. The Hall–Kier alpha value is -2.09. The molecule has 124 valence electrons. The minimum Gasteiger partial charge on any atom is -0.492 e. The smallest absolute Gasteiger partial charge is 0.150 e. The number of benzene rings is 2. The number of hydrogen-bond acceptors (Lipinski definition) is 2. The standard InChI is InChI=1S/C22H24O2/c1-21(2)10-4-5-16-12-17(7-8-18(16)21)22(3)14-24-20-9-6-15(13-23)11-19(20)22/h6-9,11-13H,4-5,10,14H2,1-3H3. The van der Waals surface area contributed by atoms with Gasteiger partial charge in [0, 0.05) is 11.1 Å². The van der Waals surface area contributed by atoms with Gasteiger partial charge in [-0.15, -0.1) is 0 Å². The van der Waals surface area contributed by atoms with Gasteiger partial charge in [0.2, 0.25) is 0 Å². The second-order valence-electron chi connectivity index (χ2n) is 8.10. The molecule has 0 spiro atoms. The zero-order valence-electron chi connectivity index (χ0n) is 14.7. The van der Waals surface area contributed by atoms with Gasteiger partial charge in [0.15, 0.2) is 0 Å². The summed E-state index contributed by atoms with van der Waals surface area (Å²) < 4.78 is 5.94. The highest BCUT2D eigenvalue weighted by atomic mass is 16.5. The largest absolute Gasteiger partial charge is 0.492 e. The van der Waals surface area contributed by atoms with Crippen molar-refractivity contribution in [2.45, 2.75) is 50.9 Å². The van der Waals surface area contributed by atoms with Crippen LogP contribution < -0.4 is 4.74 Å². The lowest BCUT2D eigenvalue weighted by atomic mass is 9.70. The van der Waals surface area contributed by atoms with Gasteiger partial charge < -0.3 is 4.74 Å². The normalized spacial score (nSPS) is 24.0. The summed E-state index contributed by atoms with van der Waals surface area (Å²) in [5.41, 5.74) is 6.17. The van der Waals surface area contributed by atoms with Crippen molar-refractivity contribution in [1.82, 2.24) is 0 Å². The number of carbonyl (C=O) groups excluding carboxylic acids is 1. The number of aryl methyl sites for hydroxylation is 1. The third-order valence-electron chi connectivity index (χ3n) is 5.97. The molecular weight excluding hydrogens is 296 g/mol. The maximum Gasteiger partial charge on any atom is 0.150 e. The van der Waals surface area contributed by atoms with E-state index in [9.17, 15) is 4.79 Å². The molecule has 2 aromatic rings. The molecule has 1 unspecified atom stereocenters. The molecule has 1 aliphatic carbocycles. The molecule has 4 rings (SSSR count). The summed E-state index contributed by atoms with van der Waals surface area (Å²) in [6, 6.07) is 12.7. The molecule has 0 fully saturated rings. The fourth-order valence-corrected chi connectivity index (χ4v) is 4.38. The van der Waals surface area contributed by atoms with Gasteiger partial charge >= 0.3 is 0 Å². The van der Waals surface area contributed by atoms with Crippen molar-refractivity contribution in [3.63, 3.8) is 0 Å². The van der Waals surface area contributed by atoms with Gasteiger partial charge in [0.05, 0.1) is 5.41 Å². The van der Waals surface area contributed by atoms with Crippen molar-refractivity contribution in [2.24, 2.45) is 0 Å². The van der Waals surface area contributed by atoms with Crippen LogP contribution in [-0.4, -0.2) is 12.9 Å². The molecule has 1 atom stereocenters. The molecule has 2 nitrogen and oxygen atoms in total.